The molecule has 18 heavy (non-hydrogen) atoms. The summed E-state index contributed by atoms with van der Waals surface area (Å²) in [6.45, 7) is 4.88. The smallest absolute Gasteiger partial charge is 0.0819 e. The summed E-state index contributed by atoms with van der Waals surface area (Å²) in [5.41, 5.74) is 8.23. The van der Waals surface area contributed by atoms with Gasteiger partial charge in [0.05, 0.1) is 17.0 Å². The zero-order chi connectivity index (χ0) is 13.2. The largest absolute Gasteiger partial charge is 0.397 e. The van der Waals surface area contributed by atoms with Gasteiger partial charge in [-0.2, -0.15) is 0 Å². The van der Waals surface area contributed by atoms with Crippen molar-refractivity contribution in [2.24, 2.45) is 5.92 Å². The Bertz CT molecular complexity index is 389. The second kappa shape index (κ2) is 5.19. The molecular formula is C15H24N2O. The zero-order valence-corrected chi connectivity index (χ0v) is 11.4. The molecule has 0 amide bonds. The van der Waals surface area contributed by atoms with Crippen LogP contribution in [0, 0.1) is 12.8 Å². The van der Waals surface area contributed by atoms with Crippen molar-refractivity contribution in [3.8, 4) is 0 Å². The second-order valence-corrected chi connectivity index (χ2v) is 5.80. The van der Waals surface area contributed by atoms with E-state index in [9.17, 15) is 5.11 Å². The molecule has 0 aliphatic heterocycles. The van der Waals surface area contributed by atoms with Crippen molar-refractivity contribution in [1.82, 2.24) is 0 Å². The van der Waals surface area contributed by atoms with Crippen LogP contribution in [0.15, 0.2) is 18.2 Å². The monoisotopic (exact) mass is 248 g/mol. The number of aliphatic hydroxyl groups is 1. The van der Waals surface area contributed by atoms with Crippen molar-refractivity contribution in [2.75, 3.05) is 17.6 Å². The summed E-state index contributed by atoms with van der Waals surface area (Å²) in [6, 6.07) is 5.88. The lowest BCUT2D eigenvalue weighted by atomic mass is 9.79. The lowest BCUT2D eigenvalue weighted by Crippen LogP contribution is -2.40. The number of para-hydroxylation sites is 1. The van der Waals surface area contributed by atoms with Crippen molar-refractivity contribution in [1.29, 1.82) is 0 Å². The molecule has 0 unspecified atom stereocenters. The highest BCUT2D eigenvalue weighted by Crippen LogP contribution is 2.32. The third-order valence-corrected chi connectivity index (χ3v) is 4.10. The number of hydrogen-bond donors (Lipinski definition) is 3. The van der Waals surface area contributed by atoms with E-state index >= 15 is 0 Å². The van der Waals surface area contributed by atoms with Crippen LogP contribution in [0.4, 0.5) is 11.4 Å². The van der Waals surface area contributed by atoms with Crippen LogP contribution in [-0.4, -0.2) is 17.3 Å². The maximum Gasteiger partial charge on any atom is 0.0819 e. The van der Waals surface area contributed by atoms with Gasteiger partial charge in [-0.1, -0.05) is 19.1 Å². The molecule has 3 nitrogen and oxygen atoms in total. The van der Waals surface area contributed by atoms with Gasteiger partial charge < -0.3 is 16.2 Å². The number of nitrogen functional groups attached to an aromatic ring is 1. The molecule has 100 valence electrons. The normalized spacial score (nSPS) is 28.1. The second-order valence-electron chi connectivity index (χ2n) is 5.80. The highest BCUT2D eigenvalue weighted by molar-refractivity contribution is 5.69. The van der Waals surface area contributed by atoms with Crippen molar-refractivity contribution in [2.45, 2.75) is 45.1 Å². The molecule has 2 rings (SSSR count). The summed E-state index contributed by atoms with van der Waals surface area (Å²) < 4.78 is 0. The minimum absolute atomic E-state index is 0.568. The van der Waals surface area contributed by atoms with Crippen molar-refractivity contribution >= 4 is 11.4 Å². The van der Waals surface area contributed by atoms with Crippen molar-refractivity contribution in [3.63, 3.8) is 0 Å². The SMILES string of the molecule is Cc1cccc(N)c1NCC1(O)CCC(C)CC1. The van der Waals surface area contributed by atoms with E-state index in [-0.39, 0.29) is 0 Å². The Balaban J connectivity index is 1.99. The fraction of sp³-hybridized carbons (Fsp3) is 0.600. The molecule has 1 aliphatic rings. The zero-order valence-electron chi connectivity index (χ0n) is 11.4. The lowest BCUT2D eigenvalue weighted by molar-refractivity contribution is 0.00502. The van der Waals surface area contributed by atoms with Crippen molar-refractivity contribution < 1.29 is 5.11 Å². The Morgan fingerprint density at radius 1 is 1.39 bits per heavy atom. The van der Waals surface area contributed by atoms with Gasteiger partial charge >= 0.3 is 0 Å². The van der Waals surface area contributed by atoms with E-state index in [2.05, 4.69) is 12.2 Å². The van der Waals surface area contributed by atoms with E-state index in [4.69, 9.17) is 5.73 Å². The molecule has 1 fully saturated rings. The van der Waals surface area contributed by atoms with E-state index in [1.54, 1.807) is 0 Å². The molecule has 0 atom stereocenters. The molecule has 0 spiro atoms. The van der Waals surface area contributed by atoms with Crippen LogP contribution in [-0.2, 0) is 0 Å². The van der Waals surface area contributed by atoms with Gasteiger partial charge in [0.2, 0.25) is 0 Å². The average molecular weight is 248 g/mol. The number of benzene rings is 1. The molecule has 0 saturated heterocycles. The highest BCUT2D eigenvalue weighted by atomic mass is 16.3. The summed E-state index contributed by atoms with van der Waals surface area (Å²) in [6.07, 6.45) is 3.99. The van der Waals surface area contributed by atoms with Gasteiger partial charge in [-0.15, -0.1) is 0 Å². The van der Waals surface area contributed by atoms with E-state index in [0.717, 1.165) is 48.5 Å². The van der Waals surface area contributed by atoms with Gasteiger partial charge in [-0.25, -0.2) is 0 Å². The number of nitrogens with one attached hydrogen (secondary N) is 1. The van der Waals surface area contributed by atoms with Gasteiger partial charge in [0.1, 0.15) is 0 Å². The Labute approximate surface area is 109 Å². The quantitative estimate of drug-likeness (QED) is 0.721. The van der Waals surface area contributed by atoms with E-state index in [1.807, 2.05) is 25.1 Å². The minimum atomic E-state index is -0.568. The Morgan fingerprint density at radius 2 is 2.06 bits per heavy atom. The van der Waals surface area contributed by atoms with E-state index in [1.165, 1.54) is 0 Å². The molecule has 0 bridgehead atoms. The number of rotatable bonds is 3. The molecule has 0 radical (unpaired) electrons. The van der Waals surface area contributed by atoms with Gasteiger partial charge in [0.15, 0.2) is 0 Å². The summed E-state index contributed by atoms with van der Waals surface area (Å²) in [4.78, 5) is 0. The topological polar surface area (TPSA) is 58.3 Å². The predicted octanol–water partition coefficient (Wildman–Crippen LogP) is 2.93. The summed E-state index contributed by atoms with van der Waals surface area (Å²) in [5, 5.41) is 13.9. The first-order chi connectivity index (χ1) is 8.50. The first-order valence-electron chi connectivity index (χ1n) is 6.81. The Hall–Kier alpha value is -1.22. The first kappa shape index (κ1) is 13.2. The number of aryl methyl sites for hydroxylation is 1. The maximum atomic E-state index is 10.5. The lowest BCUT2D eigenvalue weighted by Gasteiger charge is -2.35. The molecule has 1 saturated carbocycles. The fourth-order valence-corrected chi connectivity index (χ4v) is 2.66. The van der Waals surface area contributed by atoms with Crippen LogP contribution in [0.25, 0.3) is 0 Å². The third kappa shape index (κ3) is 2.96. The summed E-state index contributed by atoms with van der Waals surface area (Å²) in [7, 11) is 0. The maximum absolute atomic E-state index is 10.5. The number of anilines is 2. The van der Waals surface area contributed by atoms with Crippen LogP contribution >= 0.6 is 0 Å². The standard InChI is InChI=1S/C15H24N2O/c1-11-6-8-15(18,9-7-11)10-17-14-12(2)4-3-5-13(14)16/h3-5,11,17-18H,6-10,16H2,1-2H3. The van der Waals surface area contributed by atoms with Crippen LogP contribution in [0.2, 0.25) is 0 Å². The van der Waals surface area contributed by atoms with Crippen LogP contribution in [0.5, 0.6) is 0 Å². The van der Waals surface area contributed by atoms with E-state index < -0.39 is 5.60 Å². The van der Waals surface area contributed by atoms with Crippen LogP contribution < -0.4 is 11.1 Å². The van der Waals surface area contributed by atoms with Gasteiger partial charge in [0, 0.05) is 6.54 Å². The molecule has 0 heterocycles. The molecule has 1 aromatic carbocycles. The first-order valence-corrected chi connectivity index (χ1v) is 6.81. The van der Waals surface area contributed by atoms with Crippen LogP contribution in [0.3, 0.4) is 0 Å². The average Bonchev–Trinajstić information content (AvgIpc) is 2.33. The van der Waals surface area contributed by atoms with Crippen LogP contribution in [0.1, 0.15) is 38.2 Å². The van der Waals surface area contributed by atoms with Crippen molar-refractivity contribution in [3.05, 3.63) is 23.8 Å². The van der Waals surface area contributed by atoms with Gasteiger partial charge in [0.25, 0.3) is 0 Å². The molecule has 4 N–H and O–H groups in total. The fourth-order valence-electron chi connectivity index (χ4n) is 2.66. The summed E-state index contributed by atoms with van der Waals surface area (Å²) >= 11 is 0. The summed E-state index contributed by atoms with van der Waals surface area (Å²) in [5.74, 6) is 0.744. The Kier molecular flexibility index (Phi) is 3.81. The Morgan fingerprint density at radius 3 is 2.67 bits per heavy atom. The van der Waals surface area contributed by atoms with E-state index in [0.29, 0.717) is 6.54 Å². The minimum Gasteiger partial charge on any atom is -0.397 e. The number of nitrogens with two attached hydrogens (primary N) is 1. The molecular weight excluding hydrogens is 224 g/mol. The predicted molar refractivity (Wildman–Crippen MR) is 76.7 cm³/mol. The third-order valence-electron chi connectivity index (χ3n) is 4.10. The molecule has 0 aromatic heterocycles. The van der Waals surface area contributed by atoms with Gasteiger partial charge in [-0.05, 0) is 50.2 Å². The molecule has 1 aliphatic carbocycles. The van der Waals surface area contributed by atoms with Gasteiger partial charge in [-0.3, -0.25) is 0 Å². The molecule has 3 heteroatoms. The molecule has 1 aromatic rings. The number of hydrogen-bond acceptors (Lipinski definition) is 3. The highest BCUT2D eigenvalue weighted by Gasteiger charge is 2.31.